The Morgan fingerprint density at radius 1 is 1.18 bits per heavy atom. The van der Waals surface area contributed by atoms with Crippen molar-refractivity contribution in [2.45, 2.75) is 30.7 Å². The summed E-state index contributed by atoms with van der Waals surface area (Å²) in [6.45, 7) is 3.40. The van der Waals surface area contributed by atoms with Crippen molar-refractivity contribution in [1.29, 1.82) is 0 Å². The second-order valence-corrected chi connectivity index (χ2v) is 9.34. The molecule has 1 aliphatic heterocycles. The number of carbonyl (C=O) groups is 1. The summed E-state index contributed by atoms with van der Waals surface area (Å²) in [5.74, 6) is -0.149. The van der Waals surface area contributed by atoms with E-state index in [0.717, 1.165) is 18.4 Å². The molecule has 1 atom stereocenters. The summed E-state index contributed by atoms with van der Waals surface area (Å²) in [6.07, 6.45) is 1.80. The smallest absolute Gasteiger partial charge is 0.279 e. The highest BCUT2D eigenvalue weighted by molar-refractivity contribution is 7.89. The second kappa shape index (κ2) is 9.05. The van der Waals surface area contributed by atoms with Gasteiger partial charge in [-0.1, -0.05) is 23.7 Å². The van der Waals surface area contributed by atoms with Crippen molar-refractivity contribution in [2.75, 3.05) is 25.0 Å². The Kier molecular flexibility index (Phi) is 6.72. The average Bonchev–Trinajstić information content (AvgIpc) is 3.22. The molecule has 0 saturated carbocycles. The lowest BCUT2D eigenvalue weighted by Crippen LogP contribution is -2.86. The number of nitrogens with two attached hydrogens (primary N) is 1. The van der Waals surface area contributed by atoms with E-state index in [1.54, 1.807) is 24.3 Å². The van der Waals surface area contributed by atoms with Crippen molar-refractivity contribution in [1.82, 2.24) is 4.31 Å². The lowest BCUT2D eigenvalue weighted by molar-refractivity contribution is -0.682. The maximum Gasteiger partial charge on any atom is 0.279 e. The van der Waals surface area contributed by atoms with Crippen LogP contribution in [0.3, 0.4) is 0 Å². The van der Waals surface area contributed by atoms with Gasteiger partial charge in [0, 0.05) is 29.4 Å². The molecule has 1 aliphatic rings. The van der Waals surface area contributed by atoms with Crippen molar-refractivity contribution < 1.29 is 18.5 Å². The highest BCUT2D eigenvalue weighted by Crippen LogP contribution is 2.22. The van der Waals surface area contributed by atoms with Crippen LogP contribution in [0.5, 0.6) is 0 Å². The van der Waals surface area contributed by atoms with Crippen molar-refractivity contribution >= 4 is 33.2 Å². The van der Waals surface area contributed by atoms with Crippen LogP contribution in [-0.2, 0) is 14.8 Å². The summed E-state index contributed by atoms with van der Waals surface area (Å²) in [7, 11) is -3.44. The summed E-state index contributed by atoms with van der Waals surface area (Å²) in [5, 5.41) is 5.40. The molecule has 3 N–H and O–H groups in total. The van der Waals surface area contributed by atoms with E-state index in [0.29, 0.717) is 23.8 Å². The van der Waals surface area contributed by atoms with Gasteiger partial charge in [0.25, 0.3) is 5.91 Å². The zero-order valence-electron chi connectivity index (χ0n) is 15.8. The normalized spacial score (nSPS) is 16.1. The van der Waals surface area contributed by atoms with E-state index in [4.69, 9.17) is 11.6 Å². The first-order valence-electron chi connectivity index (χ1n) is 9.35. The first-order valence-corrected chi connectivity index (χ1v) is 11.2. The summed E-state index contributed by atoms with van der Waals surface area (Å²) in [6, 6.07) is 14.0. The first kappa shape index (κ1) is 20.8. The van der Waals surface area contributed by atoms with E-state index >= 15 is 0 Å². The highest BCUT2D eigenvalue weighted by atomic mass is 35.5. The van der Waals surface area contributed by atoms with Crippen molar-refractivity contribution in [3.05, 3.63) is 59.1 Å². The maximum atomic E-state index is 12.5. The lowest BCUT2D eigenvalue weighted by atomic mass is 10.1. The Labute approximate surface area is 170 Å². The molecule has 1 amide bonds. The monoisotopic (exact) mass is 422 g/mol. The number of sulfonamides is 1. The molecule has 0 radical (unpaired) electrons. The van der Waals surface area contributed by atoms with Crippen LogP contribution in [0, 0.1) is 0 Å². The maximum absolute atomic E-state index is 12.5. The summed E-state index contributed by atoms with van der Waals surface area (Å²) in [4.78, 5) is 12.5. The number of quaternary nitrogens is 1. The quantitative estimate of drug-likeness (QED) is 0.718. The Morgan fingerprint density at radius 2 is 1.86 bits per heavy atom. The van der Waals surface area contributed by atoms with E-state index in [-0.39, 0.29) is 23.4 Å². The molecule has 3 rings (SSSR count). The highest BCUT2D eigenvalue weighted by Gasteiger charge is 2.26. The van der Waals surface area contributed by atoms with Crippen LogP contribution in [-0.4, -0.2) is 38.3 Å². The number of halogens is 1. The van der Waals surface area contributed by atoms with Gasteiger partial charge in [-0.2, -0.15) is 4.31 Å². The minimum absolute atomic E-state index is 0.0948. The summed E-state index contributed by atoms with van der Waals surface area (Å²) in [5.41, 5.74) is 1.63. The topological polar surface area (TPSA) is 83.1 Å². The number of hydrogen-bond donors (Lipinski definition) is 2. The van der Waals surface area contributed by atoms with Gasteiger partial charge in [-0.15, -0.1) is 0 Å². The number of benzene rings is 2. The molecule has 1 saturated heterocycles. The van der Waals surface area contributed by atoms with Crippen LogP contribution in [0.15, 0.2) is 53.4 Å². The van der Waals surface area contributed by atoms with Gasteiger partial charge in [-0.05, 0) is 56.2 Å². The molecule has 0 bridgehead atoms. The zero-order valence-corrected chi connectivity index (χ0v) is 17.3. The molecule has 0 spiro atoms. The Bertz CT molecular complexity index is 926. The largest absolute Gasteiger partial charge is 0.333 e. The number of rotatable bonds is 7. The number of anilines is 1. The van der Waals surface area contributed by atoms with Gasteiger partial charge in [-0.25, -0.2) is 8.42 Å². The van der Waals surface area contributed by atoms with E-state index in [1.165, 1.54) is 4.31 Å². The molecule has 150 valence electrons. The average molecular weight is 423 g/mol. The molecule has 1 fully saturated rings. The molecule has 8 heteroatoms. The SMILES string of the molecule is C[C@H]([NH2+]CC(=O)Nc1ccc(S(=O)(=O)N2CCCC2)cc1)c1cccc(Cl)c1. The third kappa shape index (κ3) is 5.11. The van der Waals surface area contributed by atoms with Gasteiger partial charge >= 0.3 is 0 Å². The summed E-state index contributed by atoms with van der Waals surface area (Å²) < 4.78 is 26.6. The van der Waals surface area contributed by atoms with Gasteiger partial charge in [-0.3, -0.25) is 4.79 Å². The number of nitrogens with zero attached hydrogens (tertiary/aromatic N) is 1. The van der Waals surface area contributed by atoms with Crippen LogP contribution in [0.25, 0.3) is 0 Å². The summed E-state index contributed by atoms with van der Waals surface area (Å²) >= 11 is 6.01. The minimum Gasteiger partial charge on any atom is -0.333 e. The van der Waals surface area contributed by atoms with Gasteiger partial charge < -0.3 is 10.6 Å². The molecule has 1 heterocycles. The van der Waals surface area contributed by atoms with E-state index in [2.05, 4.69) is 5.32 Å². The van der Waals surface area contributed by atoms with Gasteiger partial charge in [0.1, 0.15) is 6.04 Å². The third-order valence-corrected chi connectivity index (χ3v) is 7.02. The fourth-order valence-corrected chi connectivity index (χ4v) is 4.93. The molecule has 0 aromatic heterocycles. The van der Waals surface area contributed by atoms with Crippen LogP contribution < -0.4 is 10.6 Å². The predicted octanol–water partition coefficient (Wildman–Crippen LogP) is 2.39. The zero-order chi connectivity index (χ0) is 20.1. The molecule has 2 aromatic carbocycles. The van der Waals surface area contributed by atoms with Gasteiger partial charge in [0.15, 0.2) is 6.54 Å². The molecular weight excluding hydrogens is 398 g/mol. The lowest BCUT2D eigenvalue weighted by Gasteiger charge is -2.15. The predicted molar refractivity (Wildman–Crippen MR) is 110 cm³/mol. The molecule has 0 aliphatic carbocycles. The van der Waals surface area contributed by atoms with Crippen molar-refractivity contribution in [2.24, 2.45) is 0 Å². The van der Waals surface area contributed by atoms with E-state index < -0.39 is 10.0 Å². The van der Waals surface area contributed by atoms with E-state index in [1.807, 2.05) is 36.5 Å². The fraction of sp³-hybridized carbons (Fsp3) is 0.350. The Balaban J connectivity index is 1.54. The molecular formula is C20H25ClN3O3S+. The van der Waals surface area contributed by atoms with E-state index in [9.17, 15) is 13.2 Å². The Hall–Kier alpha value is -1.93. The van der Waals surface area contributed by atoms with Gasteiger partial charge in [0.2, 0.25) is 10.0 Å². The number of carbonyl (C=O) groups excluding carboxylic acids is 1. The van der Waals surface area contributed by atoms with Crippen LogP contribution in [0.2, 0.25) is 5.02 Å². The molecule has 0 unspecified atom stereocenters. The first-order chi connectivity index (χ1) is 13.4. The molecule has 2 aromatic rings. The molecule has 28 heavy (non-hydrogen) atoms. The van der Waals surface area contributed by atoms with Gasteiger partial charge in [0.05, 0.1) is 4.90 Å². The number of hydrogen-bond acceptors (Lipinski definition) is 3. The molecule has 6 nitrogen and oxygen atoms in total. The standard InChI is InChI=1S/C20H24ClN3O3S/c1-15(16-5-4-6-17(21)13-16)22-14-20(25)23-18-7-9-19(10-8-18)28(26,27)24-11-2-3-12-24/h4-10,13,15,22H,2-3,11-12,14H2,1H3,(H,23,25)/p+1/t15-/m0/s1. The number of nitrogens with one attached hydrogen (secondary N) is 1. The van der Waals surface area contributed by atoms with Crippen LogP contribution in [0.4, 0.5) is 5.69 Å². The van der Waals surface area contributed by atoms with Crippen LogP contribution >= 0.6 is 11.6 Å². The number of amides is 1. The van der Waals surface area contributed by atoms with Crippen LogP contribution in [0.1, 0.15) is 31.4 Å². The van der Waals surface area contributed by atoms with Crippen molar-refractivity contribution in [3.8, 4) is 0 Å². The second-order valence-electron chi connectivity index (χ2n) is 6.97. The Morgan fingerprint density at radius 3 is 2.50 bits per heavy atom. The minimum atomic E-state index is -3.44. The third-order valence-electron chi connectivity index (χ3n) is 4.87. The fourth-order valence-electron chi connectivity index (χ4n) is 3.21. The van der Waals surface area contributed by atoms with Crippen molar-refractivity contribution in [3.63, 3.8) is 0 Å².